The SMILES string of the molecule is CCOc1ccc(CC(=O)NC2CCN(C3CC(c4ccccc4)NN3)CC2)cc1. The molecule has 2 aromatic rings. The third kappa shape index (κ3) is 5.39. The summed E-state index contributed by atoms with van der Waals surface area (Å²) in [7, 11) is 0. The number of likely N-dealkylation sites (tertiary alicyclic amines) is 1. The summed E-state index contributed by atoms with van der Waals surface area (Å²) in [6, 6.07) is 19.0. The number of hydrogen-bond acceptors (Lipinski definition) is 5. The molecule has 0 spiro atoms. The average molecular weight is 409 g/mol. The van der Waals surface area contributed by atoms with Crippen LogP contribution in [0.2, 0.25) is 0 Å². The number of nitrogens with one attached hydrogen (secondary N) is 3. The van der Waals surface area contributed by atoms with Crippen molar-refractivity contribution in [3.63, 3.8) is 0 Å². The van der Waals surface area contributed by atoms with Crippen LogP contribution in [0.4, 0.5) is 0 Å². The molecule has 6 nitrogen and oxygen atoms in total. The van der Waals surface area contributed by atoms with Gasteiger partial charge in [-0.15, -0.1) is 0 Å². The van der Waals surface area contributed by atoms with E-state index in [4.69, 9.17) is 4.74 Å². The predicted molar refractivity (Wildman–Crippen MR) is 118 cm³/mol. The van der Waals surface area contributed by atoms with Gasteiger partial charge in [-0.1, -0.05) is 42.5 Å². The van der Waals surface area contributed by atoms with Crippen LogP contribution in [0.1, 0.15) is 43.4 Å². The highest BCUT2D eigenvalue weighted by Gasteiger charge is 2.32. The zero-order valence-corrected chi connectivity index (χ0v) is 17.6. The van der Waals surface area contributed by atoms with Crippen LogP contribution in [0.15, 0.2) is 54.6 Å². The van der Waals surface area contributed by atoms with E-state index < -0.39 is 0 Å². The Kier molecular flexibility index (Phi) is 7.00. The second-order valence-corrected chi connectivity index (χ2v) is 8.13. The zero-order valence-electron chi connectivity index (χ0n) is 17.6. The molecule has 2 unspecified atom stereocenters. The van der Waals surface area contributed by atoms with Gasteiger partial charge in [0.25, 0.3) is 0 Å². The van der Waals surface area contributed by atoms with E-state index in [9.17, 15) is 4.79 Å². The molecule has 4 rings (SSSR count). The van der Waals surface area contributed by atoms with E-state index in [-0.39, 0.29) is 11.9 Å². The average Bonchev–Trinajstić information content (AvgIpc) is 3.27. The maximum Gasteiger partial charge on any atom is 0.224 e. The van der Waals surface area contributed by atoms with Gasteiger partial charge in [0, 0.05) is 25.2 Å². The van der Waals surface area contributed by atoms with Gasteiger partial charge in [0.2, 0.25) is 5.91 Å². The first kappa shape index (κ1) is 20.8. The Labute approximate surface area is 179 Å². The number of carbonyl (C=O) groups excluding carboxylic acids is 1. The minimum atomic E-state index is 0.0995. The van der Waals surface area contributed by atoms with Gasteiger partial charge < -0.3 is 10.1 Å². The van der Waals surface area contributed by atoms with Crippen molar-refractivity contribution in [2.24, 2.45) is 0 Å². The van der Waals surface area contributed by atoms with E-state index in [0.29, 0.717) is 25.2 Å². The minimum Gasteiger partial charge on any atom is -0.494 e. The molecular formula is C24H32N4O2. The lowest BCUT2D eigenvalue weighted by molar-refractivity contribution is -0.121. The van der Waals surface area contributed by atoms with Crippen LogP contribution in [0.5, 0.6) is 5.75 Å². The lowest BCUT2D eigenvalue weighted by Crippen LogP contribution is -2.51. The maximum absolute atomic E-state index is 12.5. The van der Waals surface area contributed by atoms with Gasteiger partial charge in [-0.05, 0) is 49.4 Å². The molecule has 0 aromatic heterocycles. The number of ether oxygens (including phenoxy) is 1. The van der Waals surface area contributed by atoms with Gasteiger partial charge in [-0.25, -0.2) is 10.9 Å². The second-order valence-electron chi connectivity index (χ2n) is 8.13. The van der Waals surface area contributed by atoms with Crippen molar-refractivity contribution < 1.29 is 9.53 Å². The van der Waals surface area contributed by atoms with E-state index in [1.165, 1.54) is 5.56 Å². The highest BCUT2D eigenvalue weighted by Crippen LogP contribution is 2.25. The van der Waals surface area contributed by atoms with Gasteiger partial charge in [-0.2, -0.15) is 0 Å². The van der Waals surface area contributed by atoms with Crippen LogP contribution in [0.25, 0.3) is 0 Å². The summed E-state index contributed by atoms with van der Waals surface area (Å²) in [6.07, 6.45) is 3.79. The molecular weight excluding hydrogens is 376 g/mol. The lowest BCUT2D eigenvalue weighted by atomic mass is 10.0. The van der Waals surface area contributed by atoms with Crippen molar-refractivity contribution in [3.8, 4) is 5.75 Å². The van der Waals surface area contributed by atoms with Gasteiger partial charge in [0.15, 0.2) is 0 Å². The van der Waals surface area contributed by atoms with Crippen LogP contribution in [0, 0.1) is 0 Å². The molecule has 2 saturated heterocycles. The molecule has 0 aliphatic carbocycles. The number of hydrazine groups is 1. The summed E-state index contributed by atoms with van der Waals surface area (Å²) < 4.78 is 5.46. The minimum absolute atomic E-state index is 0.0995. The Bertz CT molecular complexity index is 804. The molecule has 2 aliphatic rings. The molecule has 2 aliphatic heterocycles. The number of amides is 1. The Morgan fingerprint density at radius 2 is 1.80 bits per heavy atom. The van der Waals surface area contributed by atoms with Crippen LogP contribution in [-0.2, 0) is 11.2 Å². The normalized spacial score (nSPS) is 22.7. The van der Waals surface area contributed by atoms with Gasteiger partial charge in [0.1, 0.15) is 5.75 Å². The zero-order chi connectivity index (χ0) is 20.8. The molecule has 6 heteroatoms. The van der Waals surface area contributed by atoms with E-state index in [1.807, 2.05) is 31.2 Å². The summed E-state index contributed by atoms with van der Waals surface area (Å²) in [4.78, 5) is 14.9. The Hall–Kier alpha value is -2.41. The fourth-order valence-electron chi connectivity index (χ4n) is 4.37. The molecule has 30 heavy (non-hydrogen) atoms. The van der Waals surface area contributed by atoms with Crippen LogP contribution in [-0.4, -0.2) is 42.7 Å². The van der Waals surface area contributed by atoms with Crippen molar-refractivity contribution in [1.29, 1.82) is 0 Å². The number of carbonyl (C=O) groups is 1. The molecule has 2 atom stereocenters. The first-order valence-corrected chi connectivity index (χ1v) is 11.0. The second kappa shape index (κ2) is 10.1. The van der Waals surface area contributed by atoms with Crippen molar-refractivity contribution >= 4 is 5.91 Å². The smallest absolute Gasteiger partial charge is 0.224 e. The largest absolute Gasteiger partial charge is 0.494 e. The third-order valence-corrected chi connectivity index (χ3v) is 6.02. The van der Waals surface area contributed by atoms with E-state index in [0.717, 1.165) is 43.7 Å². The number of rotatable bonds is 7. The number of nitrogens with zero attached hydrogens (tertiary/aromatic N) is 1. The van der Waals surface area contributed by atoms with Gasteiger partial charge >= 0.3 is 0 Å². The van der Waals surface area contributed by atoms with Gasteiger partial charge in [0.05, 0.1) is 19.2 Å². The molecule has 2 heterocycles. The van der Waals surface area contributed by atoms with Crippen LogP contribution in [0.3, 0.4) is 0 Å². The predicted octanol–water partition coefficient (Wildman–Crippen LogP) is 2.77. The van der Waals surface area contributed by atoms with Crippen molar-refractivity contribution in [1.82, 2.24) is 21.1 Å². The fourth-order valence-corrected chi connectivity index (χ4v) is 4.37. The third-order valence-electron chi connectivity index (χ3n) is 6.02. The Balaban J connectivity index is 1.20. The van der Waals surface area contributed by atoms with Crippen molar-refractivity contribution in [3.05, 3.63) is 65.7 Å². The summed E-state index contributed by atoms with van der Waals surface area (Å²) in [5.41, 5.74) is 9.23. The molecule has 0 bridgehead atoms. The van der Waals surface area contributed by atoms with Crippen LogP contribution >= 0.6 is 0 Å². The molecule has 1 amide bonds. The van der Waals surface area contributed by atoms with E-state index in [2.05, 4.69) is 51.4 Å². The standard InChI is InChI=1S/C24H32N4O2/c1-2-30-21-10-8-18(9-11-21)16-24(29)25-20-12-14-28(15-13-20)23-17-22(26-27-23)19-6-4-3-5-7-19/h3-11,20,22-23,26-27H,2,12-17H2,1H3,(H,25,29). The highest BCUT2D eigenvalue weighted by atomic mass is 16.5. The van der Waals surface area contributed by atoms with E-state index in [1.54, 1.807) is 0 Å². The molecule has 2 fully saturated rings. The molecule has 0 saturated carbocycles. The van der Waals surface area contributed by atoms with Crippen molar-refractivity contribution in [2.45, 2.75) is 50.9 Å². The van der Waals surface area contributed by atoms with Gasteiger partial charge in [-0.3, -0.25) is 9.69 Å². The Morgan fingerprint density at radius 3 is 2.50 bits per heavy atom. The molecule has 3 N–H and O–H groups in total. The molecule has 0 radical (unpaired) electrons. The summed E-state index contributed by atoms with van der Waals surface area (Å²) in [5, 5.41) is 3.22. The summed E-state index contributed by atoms with van der Waals surface area (Å²) in [6.45, 7) is 4.61. The first-order valence-electron chi connectivity index (χ1n) is 11.0. The highest BCUT2D eigenvalue weighted by molar-refractivity contribution is 5.78. The maximum atomic E-state index is 12.5. The van der Waals surface area contributed by atoms with Crippen LogP contribution < -0.4 is 20.9 Å². The number of hydrogen-bond donors (Lipinski definition) is 3. The molecule has 160 valence electrons. The van der Waals surface area contributed by atoms with Crippen molar-refractivity contribution in [2.75, 3.05) is 19.7 Å². The number of benzene rings is 2. The van der Waals surface area contributed by atoms with E-state index >= 15 is 0 Å². The summed E-state index contributed by atoms with van der Waals surface area (Å²) in [5.74, 6) is 0.945. The lowest BCUT2D eigenvalue weighted by Gasteiger charge is -2.35. The fraction of sp³-hybridized carbons (Fsp3) is 0.458. The first-order chi connectivity index (χ1) is 14.7. The monoisotopic (exact) mass is 408 g/mol. The molecule has 2 aromatic carbocycles. The summed E-state index contributed by atoms with van der Waals surface area (Å²) >= 11 is 0. The number of piperidine rings is 1. The topological polar surface area (TPSA) is 65.6 Å². The Morgan fingerprint density at radius 1 is 1.07 bits per heavy atom. The quantitative estimate of drug-likeness (QED) is 0.658.